The van der Waals surface area contributed by atoms with Gasteiger partial charge in [-0.15, -0.1) is 0 Å². The van der Waals surface area contributed by atoms with Gasteiger partial charge in [0.05, 0.1) is 29.4 Å². The molecule has 51 heavy (non-hydrogen) atoms. The van der Waals surface area contributed by atoms with Crippen LogP contribution in [0, 0.1) is 0 Å². The maximum absolute atomic E-state index is 14.6. The molecule has 3 N–H and O–H groups in total. The molecule has 1 atom stereocenters. The van der Waals surface area contributed by atoms with Crippen molar-refractivity contribution in [2.24, 2.45) is 0 Å². The lowest BCUT2D eigenvalue weighted by molar-refractivity contribution is -0.125. The smallest absolute Gasteiger partial charge is 0.272 e. The predicted octanol–water partition coefficient (Wildman–Crippen LogP) is 7.99. The van der Waals surface area contributed by atoms with Crippen LogP contribution in [0.2, 0.25) is 10.0 Å². The summed E-state index contributed by atoms with van der Waals surface area (Å²) in [7, 11) is 1.51. The number of aromatic amines is 1. The van der Waals surface area contributed by atoms with Crippen LogP contribution in [0.5, 0.6) is 0 Å². The molecule has 12 heteroatoms. The first-order valence-corrected chi connectivity index (χ1v) is 17.5. The lowest BCUT2D eigenvalue weighted by atomic mass is 9.99. The van der Waals surface area contributed by atoms with Crippen molar-refractivity contribution in [2.75, 3.05) is 37.0 Å². The minimum atomic E-state index is -0.334. The van der Waals surface area contributed by atoms with Crippen LogP contribution in [-0.2, 0) is 9.53 Å². The fourth-order valence-electron chi connectivity index (χ4n) is 6.76. The molecule has 10 nitrogen and oxygen atoms in total. The van der Waals surface area contributed by atoms with E-state index in [9.17, 15) is 9.59 Å². The number of hydrogen-bond donors (Lipinski definition) is 3. The molecule has 3 aromatic carbocycles. The summed E-state index contributed by atoms with van der Waals surface area (Å²) in [4.78, 5) is 41.8. The average molecular weight is 723 g/mol. The Bertz CT molecular complexity index is 2170. The Kier molecular flexibility index (Phi) is 10.1. The molecule has 1 aliphatic rings. The first kappa shape index (κ1) is 34.3. The maximum Gasteiger partial charge on any atom is 0.272 e. The lowest BCUT2D eigenvalue weighted by Crippen LogP contribution is -2.46. The molecule has 4 heterocycles. The Morgan fingerprint density at radius 1 is 0.961 bits per heavy atom. The summed E-state index contributed by atoms with van der Waals surface area (Å²) in [5.74, 6) is 0.204. The minimum absolute atomic E-state index is 0.0340. The van der Waals surface area contributed by atoms with E-state index in [1.807, 2.05) is 85.2 Å². The number of fused-ring (bicyclic) bond motifs is 1. The highest BCUT2D eigenvalue weighted by Crippen LogP contribution is 2.42. The fraction of sp³-hybridized carbons (Fsp3) is 0.231. The third kappa shape index (κ3) is 7.21. The first-order chi connectivity index (χ1) is 24.8. The largest absolute Gasteiger partial charge is 0.375 e. The highest BCUT2D eigenvalue weighted by molar-refractivity contribution is 6.31. The van der Waals surface area contributed by atoms with Crippen LogP contribution in [0.4, 0.5) is 11.5 Å². The highest BCUT2D eigenvalue weighted by atomic mass is 35.5. The van der Waals surface area contributed by atoms with Crippen LogP contribution in [0.3, 0.4) is 0 Å². The number of rotatable bonds is 10. The van der Waals surface area contributed by atoms with Crippen molar-refractivity contribution in [3.63, 3.8) is 0 Å². The number of aromatic nitrogens is 4. The van der Waals surface area contributed by atoms with Crippen LogP contribution in [0.25, 0.3) is 33.4 Å². The van der Waals surface area contributed by atoms with Gasteiger partial charge in [0.2, 0.25) is 5.91 Å². The SMILES string of the molecule is COCC(=O)NC1CCN(c2ncccc2NC(=O)c2[nH]c3cc(Cl)ccc3c2-c2c(-c3ccccc3)ncn2[C@@H](C)c2ccc(Cl)cc2)CC1. The van der Waals surface area contributed by atoms with E-state index < -0.39 is 0 Å². The van der Waals surface area contributed by atoms with Gasteiger partial charge in [0.1, 0.15) is 12.3 Å². The number of methoxy groups -OCH3 is 1. The molecular formula is C39H37Cl2N7O3. The van der Waals surface area contributed by atoms with Gasteiger partial charge in [-0.25, -0.2) is 9.97 Å². The molecule has 7 rings (SSSR count). The number of carbonyl (C=O) groups excluding carboxylic acids is 2. The number of carbonyl (C=O) groups is 2. The number of benzene rings is 3. The normalized spacial score (nSPS) is 14.1. The van der Waals surface area contributed by atoms with Crippen LogP contribution in [0.15, 0.2) is 97.5 Å². The van der Waals surface area contributed by atoms with Crippen molar-refractivity contribution in [1.82, 2.24) is 24.8 Å². The molecule has 0 unspecified atom stereocenters. The van der Waals surface area contributed by atoms with Gasteiger partial charge in [-0.05, 0) is 61.7 Å². The van der Waals surface area contributed by atoms with Crippen molar-refractivity contribution in [1.29, 1.82) is 0 Å². The Balaban J connectivity index is 1.28. The zero-order valence-electron chi connectivity index (χ0n) is 28.2. The molecule has 3 aromatic heterocycles. The van der Waals surface area contributed by atoms with Crippen LogP contribution in [0.1, 0.15) is 41.9 Å². The number of pyridine rings is 1. The number of hydrogen-bond acceptors (Lipinski definition) is 6. The van der Waals surface area contributed by atoms with E-state index in [0.29, 0.717) is 45.9 Å². The predicted molar refractivity (Wildman–Crippen MR) is 203 cm³/mol. The van der Waals surface area contributed by atoms with E-state index >= 15 is 0 Å². The number of nitrogens with zero attached hydrogens (tertiary/aromatic N) is 4. The third-order valence-corrected chi connectivity index (χ3v) is 9.79. The van der Waals surface area contributed by atoms with Gasteiger partial charge in [-0.3, -0.25) is 9.59 Å². The second-order valence-corrected chi connectivity index (χ2v) is 13.5. The fourth-order valence-corrected chi connectivity index (χ4v) is 7.06. The number of halogens is 2. The van der Waals surface area contributed by atoms with Crippen molar-refractivity contribution in [3.05, 3.63) is 119 Å². The Morgan fingerprint density at radius 2 is 1.71 bits per heavy atom. The summed E-state index contributed by atoms with van der Waals surface area (Å²) >= 11 is 12.7. The number of piperidine rings is 1. The number of anilines is 2. The molecule has 6 aromatic rings. The van der Waals surface area contributed by atoms with Crippen LogP contribution in [-0.4, -0.2) is 64.2 Å². The van der Waals surface area contributed by atoms with Crippen LogP contribution < -0.4 is 15.5 Å². The molecule has 1 aliphatic heterocycles. The Labute approximate surface area is 305 Å². The molecule has 260 valence electrons. The second kappa shape index (κ2) is 15.0. The van der Waals surface area contributed by atoms with E-state index in [1.54, 1.807) is 12.3 Å². The summed E-state index contributed by atoms with van der Waals surface area (Å²) < 4.78 is 7.06. The topological polar surface area (TPSA) is 117 Å². The maximum atomic E-state index is 14.6. The van der Waals surface area contributed by atoms with Gasteiger partial charge in [0.15, 0.2) is 5.82 Å². The zero-order chi connectivity index (χ0) is 35.5. The summed E-state index contributed by atoms with van der Waals surface area (Å²) in [6.45, 7) is 3.46. The third-order valence-electron chi connectivity index (χ3n) is 9.31. The minimum Gasteiger partial charge on any atom is -0.375 e. The Hall–Kier alpha value is -5.16. The van der Waals surface area contributed by atoms with Crippen LogP contribution >= 0.6 is 23.2 Å². The highest BCUT2D eigenvalue weighted by Gasteiger charge is 2.29. The average Bonchev–Trinajstić information content (AvgIpc) is 3.74. The molecule has 0 bridgehead atoms. The first-order valence-electron chi connectivity index (χ1n) is 16.8. The van der Waals surface area contributed by atoms with Crippen molar-refractivity contribution >= 4 is 57.4 Å². The number of nitrogens with one attached hydrogen (secondary N) is 3. The number of amides is 2. The molecule has 1 saturated heterocycles. The van der Waals surface area contributed by atoms with Crippen molar-refractivity contribution in [2.45, 2.75) is 31.8 Å². The molecule has 0 saturated carbocycles. The van der Waals surface area contributed by atoms with Gasteiger partial charge in [-0.1, -0.05) is 71.7 Å². The second-order valence-electron chi connectivity index (χ2n) is 12.6. The van der Waals surface area contributed by atoms with E-state index in [-0.39, 0.29) is 30.5 Å². The van der Waals surface area contributed by atoms with Gasteiger partial charge >= 0.3 is 0 Å². The molecule has 0 spiro atoms. The standard InChI is InChI=1S/C39H37Cl2N7O3/c1-24(25-10-12-27(40)13-11-25)48-23-43-35(26-7-4-3-5-8-26)37(48)34-30-15-14-28(41)21-32(30)45-36(34)39(50)46-31-9-6-18-42-38(31)47-19-16-29(17-20-47)44-33(49)22-51-2/h3-15,18,21,23-24,29,45H,16-17,19-20,22H2,1-2H3,(H,44,49)(H,46,50)/t24-/m0/s1. The summed E-state index contributed by atoms with van der Waals surface area (Å²) in [5.41, 5.74) is 5.85. The van der Waals surface area contributed by atoms with E-state index in [4.69, 9.17) is 32.9 Å². The zero-order valence-corrected chi connectivity index (χ0v) is 29.7. The summed E-state index contributed by atoms with van der Waals surface area (Å²) in [6, 6.07) is 26.9. The molecular weight excluding hydrogens is 685 g/mol. The number of ether oxygens (including phenoxy) is 1. The monoisotopic (exact) mass is 721 g/mol. The molecule has 0 radical (unpaired) electrons. The number of H-pyrrole nitrogens is 1. The van der Waals surface area contributed by atoms with Gasteiger partial charge in [0, 0.05) is 64.5 Å². The van der Waals surface area contributed by atoms with Crippen molar-refractivity contribution < 1.29 is 14.3 Å². The Morgan fingerprint density at radius 3 is 2.45 bits per heavy atom. The van der Waals surface area contributed by atoms with E-state index in [2.05, 4.69) is 37.0 Å². The van der Waals surface area contributed by atoms with Crippen molar-refractivity contribution in [3.8, 4) is 22.5 Å². The van der Waals surface area contributed by atoms with E-state index in [0.717, 1.165) is 46.3 Å². The lowest BCUT2D eigenvalue weighted by Gasteiger charge is -2.34. The summed E-state index contributed by atoms with van der Waals surface area (Å²) in [6.07, 6.45) is 5.03. The van der Waals surface area contributed by atoms with Gasteiger partial charge in [0.25, 0.3) is 5.91 Å². The van der Waals surface area contributed by atoms with Gasteiger partial charge < -0.3 is 29.8 Å². The van der Waals surface area contributed by atoms with Gasteiger partial charge in [-0.2, -0.15) is 0 Å². The van der Waals surface area contributed by atoms with E-state index in [1.165, 1.54) is 7.11 Å². The molecule has 0 aliphatic carbocycles. The molecule has 1 fully saturated rings. The quantitative estimate of drug-likeness (QED) is 0.132. The molecule has 2 amide bonds. The number of imidazole rings is 1. The summed E-state index contributed by atoms with van der Waals surface area (Å²) in [5, 5.41) is 8.23.